The van der Waals surface area contributed by atoms with Crippen molar-refractivity contribution in [3.63, 3.8) is 0 Å². The van der Waals surface area contributed by atoms with Crippen LogP contribution in [0.1, 0.15) is 104 Å². The van der Waals surface area contributed by atoms with Gasteiger partial charge in [0.1, 0.15) is 5.82 Å². The molecule has 3 rings (SSSR count). The van der Waals surface area contributed by atoms with Crippen LogP contribution in [-0.2, 0) is 9.53 Å². The van der Waals surface area contributed by atoms with Crippen molar-refractivity contribution in [2.24, 2.45) is 17.3 Å². The fraction of sp³-hybridized carbons (Fsp3) is 0.710. The number of hydrogen-bond acceptors (Lipinski definition) is 5. The van der Waals surface area contributed by atoms with Gasteiger partial charge in [0, 0.05) is 31.9 Å². The van der Waals surface area contributed by atoms with Crippen molar-refractivity contribution >= 4 is 11.6 Å². The number of amides is 1. The molecule has 1 aromatic rings. The van der Waals surface area contributed by atoms with Crippen molar-refractivity contribution in [2.75, 3.05) is 19.8 Å². The first-order valence-electron chi connectivity index (χ1n) is 14.7. The first-order chi connectivity index (χ1) is 19.1. The minimum atomic E-state index is -4.20. The third-order valence-electron chi connectivity index (χ3n) is 7.78. The Morgan fingerprint density at radius 1 is 1.27 bits per heavy atom. The lowest BCUT2D eigenvalue weighted by atomic mass is 9.85. The van der Waals surface area contributed by atoms with Gasteiger partial charge in [0.2, 0.25) is 5.91 Å². The molecule has 7 nitrogen and oxygen atoms in total. The van der Waals surface area contributed by atoms with Crippen molar-refractivity contribution in [2.45, 2.75) is 106 Å². The lowest BCUT2D eigenvalue weighted by Crippen LogP contribution is -2.33. The van der Waals surface area contributed by atoms with Crippen LogP contribution in [0.25, 0.3) is 0 Å². The zero-order valence-corrected chi connectivity index (χ0v) is 26.1. The molecular weight excluding hydrogens is 531 g/mol. The molecule has 0 bridgehead atoms. The van der Waals surface area contributed by atoms with Crippen molar-refractivity contribution in [1.29, 1.82) is 5.41 Å². The molecule has 0 aliphatic carbocycles. The molecular formula is C31H52F3N5O2. The SMILES string of the molecule is C=CNC(CCC(C)(C)C(F)(F)F)c1cnc(C)[nH]1.CC1CCC(=O)NC1.CCC(C)=C(C(C)=N)C1CCOCC1. The van der Waals surface area contributed by atoms with Gasteiger partial charge in [-0.1, -0.05) is 39.8 Å². The topological polar surface area (TPSA) is 103 Å². The highest BCUT2D eigenvalue weighted by Crippen LogP contribution is 2.42. The molecule has 4 N–H and O–H groups in total. The summed E-state index contributed by atoms with van der Waals surface area (Å²) in [6, 6.07) is -0.236. The number of allylic oxidation sites excluding steroid dienone is 2. The van der Waals surface area contributed by atoms with Gasteiger partial charge in [-0.05, 0) is 82.9 Å². The Balaban J connectivity index is 0.000000333. The number of aromatic amines is 1. The normalized spacial score (nSPS) is 19.4. The second-order valence-corrected chi connectivity index (χ2v) is 11.8. The molecule has 2 aliphatic rings. The van der Waals surface area contributed by atoms with Crippen LogP contribution in [0.4, 0.5) is 13.2 Å². The molecule has 2 unspecified atom stereocenters. The van der Waals surface area contributed by atoms with Gasteiger partial charge in [-0.25, -0.2) is 4.98 Å². The van der Waals surface area contributed by atoms with E-state index in [0.29, 0.717) is 18.3 Å². The largest absolute Gasteiger partial charge is 0.393 e. The Morgan fingerprint density at radius 3 is 2.32 bits per heavy atom. The monoisotopic (exact) mass is 583 g/mol. The smallest absolute Gasteiger partial charge is 0.383 e. The summed E-state index contributed by atoms with van der Waals surface area (Å²) in [6.45, 7) is 18.8. The van der Waals surface area contributed by atoms with E-state index in [1.165, 1.54) is 31.2 Å². The molecule has 2 fully saturated rings. The minimum absolute atomic E-state index is 0.0279. The van der Waals surface area contributed by atoms with Crippen LogP contribution in [0, 0.1) is 29.6 Å². The predicted octanol–water partition coefficient (Wildman–Crippen LogP) is 7.57. The number of rotatable bonds is 9. The molecule has 2 atom stereocenters. The molecule has 0 aromatic carbocycles. The number of hydrogen-bond donors (Lipinski definition) is 4. The summed E-state index contributed by atoms with van der Waals surface area (Å²) in [5.74, 6) is 2.21. The Labute approximate surface area is 244 Å². The Bertz CT molecular complexity index is 984. The highest BCUT2D eigenvalue weighted by molar-refractivity contribution is 5.96. The minimum Gasteiger partial charge on any atom is -0.383 e. The van der Waals surface area contributed by atoms with E-state index in [9.17, 15) is 18.0 Å². The standard InChI is InChI=1S/C13H20F3N3.C12H21NO.C6H11NO/c1-5-17-10(11-8-18-9(2)19-11)6-7-12(3,4)13(14,15)16;1-4-9(2)12(10(3)13)11-5-7-14-8-6-11;1-5-2-3-6(8)7-4-5/h5,8,10,17H,1,6-7H2,2-4H3,(H,18,19);11,13H,4-8H2,1-3H3;5H,2-4H2,1H3,(H,7,8). The van der Waals surface area contributed by atoms with Gasteiger partial charge in [0.15, 0.2) is 0 Å². The zero-order valence-electron chi connectivity index (χ0n) is 26.1. The first kappa shape index (κ1) is 36.4. The lowest BCUT2D eigenvalue weighted by molar-refractivity contribution is -0.214. The van der Waals surface area contributed by atoms with Crippen LogP contribution in [0.2, 0.25) is 0 Å². The van der Waals surface area contributed by atoms with Crippen LogP contribution < -0.4 is 10.6 Å². The Morgan fingerprint density at radius 2 is 1.90 bits per heavy atom. The molecule has 3 heterocycles. The lowest BCUT2D eigenvalue weighted by Gasteiger charge is -2.29. The second kappa shape index (κ2) is 17.4. The fourth-order valence-electron chi connectivity index (χ4n) is 4.74. The quantitative estimate of drug-likeness (QED) is 0.225. The van der Waals surface area contributed by atoms with E-state index in [1.54, 1.807) is 13.1 Å². The van der Waals surface area contributed by atoms with Crippen molar-refractivity contribution < 1.29 is 22.7 Å². The number of alkyl halides is 3. The molecule has 1 aromatic heterocycles. The van der Waals surface area contributed by atoms with Gasteiger partial charge in [-0.3, -0.25) is 4.79 Å². The summed E-state index contributed by atoms with van der Waals surface area (Å²) >= 11 is 0. The maximum absolute atomic E-state index is 12.8. The average Bonchev–Trinajstić information content (AvgIpc) is 3.34. The number of aryl methyl sites for hydroxylation is 1. The summed E-state index contributed by atoms with van der Waals surface area (Å²) in [7, 11) is 0. The summed E-state index contributed by atoms with van der Waals surface area (Å²) < 4.78 is 43.8. The van der Waals surface area contributed by atoms with Gasteiger partial charge >= 0.3 is 6.18 Å². The number of ether oxygens (including phenoxy) is 1. The Kier molecular flexibility index (Phi) is 15.4. The maximum Gasteiger partial charge on any atom is 0.393 e. The van der Waals surface area contributed by atoms with E-state index in [-0.39, 0.29) is 18.4 Å². The van der Waals surface area contributed by atoms with Crippen LogP contribution >= 0.6 is 0 Å². The number of carbonyl (C=O) groups is 1. The number of nitrogens with one attached hydrogen (secondary N) is 4. The van der Waals surface area contributed by atoms with Crippen molar-refractivity contribution in [3.05, 3.63) is 41.6 Å². The number of H-pyrrole nitrogens is 1. The predicted molar refractivity (Wildman–Crippen MR) is 160 cm³/mol. The number of halogens is 3. The van der Waals surface area contributed by atoms with E-state index in [1.807, 2.05) is 6.92 Å². The summed E-state index contributed by atoms with van der Waals surface area (Å²) in [4.78, 5) is 17.6. The second-order valence-electron chi connectivity index (χ2n) is 11.8. The van der Waals surface area contributed by atoms with Gasteiger partial charge in [0.25, 0.3) is 0 Å². The van der Waals surface area contributed by atoms with Crippen molar-refractivity contribution in [1.82, 2.24) is 20.6 Å². The molecule has 2 aliphatic heterocycles. The van der Waals surface area contributed by atoms with Crippen molar-refractivity contribution in [3.8, 4) is 0 Å². The summed E-state index contributed by atoms with van der Waals surface area (Å²) in [5, 5.41) is 13.6. The third-order valence-corrected chi connectivity index (χ3v) is 7.78. The Hall–Kier alpha value is -2.62. The van der Waals surface area contributed by atoms with Gasteiger partial charge < -0.3 is 25.8 Å². The number of carbonyl (C=O) groups excluding carboxylic acids is 1. The molecule has 234 valence electrons. The van der Waals surface area contributed by atoms with E-state index in [4.69, 9.17) is 10.1 Å². The van der Waals surface area contributed by atoms with E-state index in [0.717, 1.165) is 69.1 Å². The highest BCUT2D eigenvalue weighted by atomic mass is 19.4. The maximum atomic E-state index is 12.8. The molecule has 0 spiro atoms. The van der Waals surface area contributed by atoms with Gasteiger partial charge in [-0.15, -0.1) is 0 Å². The van der Waals surface area contributed by atoms with Gasteiger partial charge in [-0.2, -0.15) is 13.2 Å². The van der Waals surface area contributed by atoms with Crippen LogP contribution in [0.5, 0.6) is 0 Å². The molecule has 2 saturated heterocycles. The van der Waals surface area contributed by atoms with E-state index in [2.05, 4.69) is 48.0 Å². The summed E-state index contributed by atoms with van der Waals surface area (Å²) in [5.41, 5.74) is 2.48. The van der Waals surface area contributed by atoms with Crippen LogP contribution in [0.15, 0.2) is 30.1 Å². The van der Waals surface area contributed by atoms with Crippen LogP contribution in [0.3, 0.4) is 0 Å². The molecule has 1 amide bonds. The number of aromatic nitrogens is 2. The van der Waals surface area contributed by atoms with E-state index >= 15 is 0 Å². The zero-order chi connectivity index (χ0) is 31.2. The number of piperidine rings is 1. The molecule has 0 saturated carbocycles. The third kappa shape index (κ3) is 12.8. The summed E-state index contributed by atoms with van der Waals surface area (Å²) in [6.07, 6.45) is 4.32. The van der Waals surface area contributed by atoms with E-state index < -0.39 is 11.6 Å². The number of nitrogens with zero attached hydrogens (tertiary/aromatic N) is 1. The van der Waals surface area contributed by atoms with Gasteiger partial charge in [0.05, 0.1) is 23.3 Å². The first-order valence-corrected chi connectivity index (χ1v) is 14.7. The van der Waals surface area contributed by atoms with Crippen LogP contribution in [-0.4, -0.2) is 47.5 Å². The fourth-order valence-corrected chi connectivity index (χ4v) is 4.74. The highest BCUT2D eigenvalue weighted by Gasteiger charge is 2.46. The molecule has 10 heteroatoms. The molecule has 0 radical (unpaired) electrons. The average molecular weight is 584 g/mol. The number of imidazole rings is 1. The molecule has 41 heavy (non-hydrogen) atoms.